The van der Waals surface area contributed by atoms with Crippen molar-refractivity contribution in [3.05, 3.63) is 40.9 Å². The third-order valence-electron chi connectivity index (χ3n) is 1.69. The van der Waals surface area contributed by atoms with Gasteiger partial charge in [0.2, 0.25) is 0 Å². The third kappa shape index (κ3) is 3.64. The molecular weight excluding hydrogens is 216 g/mol. The molecule has 76 valence electrons. The first-order valence-corrected chi connectivity index (χ1v) is 5.40. The van der Waals surface area contributed by atoms with Gasteiger partial charge in [0.05, 0.1) is 5.02 Å². The molecule has 0 fully saturated rings. The van der Waals surface area contributed by atoms with Crippen LogP contribution in [0.1, 0.15) is 5.56 Å². The number of benzene rings is 1. The second-order valence-electron chi connectivity index (χ2n) is 2.90. The number of hydrogen-bond donors (Lipinski definition) is 1. The second kappa shape index (κ2) is 5.99. The Morgan fingerprint density at radius 2 is 2.21 bits per heavy atom. The van der Waals surface area contributed by atoms with Crippen LogP contribution in [0.25, 0.3) is 0 Å². The highest BCUT2D eigenvalue weighted by atomic mass is 35.5. The Balaban J connectivity index is 2.55. The van der Waals surface area contributed by atoms with Crippen molar-refractivity contribution in [2.24, 2.45) is 0 Å². The van der Waals surface area contributed by atoms with Gasteiger partial charge >= 0.3 is 0 Å². The van der Waals surface area contributed by atoms with E-state index in [1.54, 1.807) is 0 Å². The fraction of sp³-hybridized carbons (Fsp3) is 0.273. The van der Waals surface area contributed by atoms with Crippen molar-refractivity contribution < 1.29 is 4.74 Å². The maximum absolute atomic E-state index is 5.98. The van der Waals surface area contributed by atoms with Crippen LogP contribution in [0.5, 0.6) is 5.75 Å². The molecule has 3 heteroatoms. The number of halogens is 1. The van der Waals surface area contributed by atoms with Gasteiger partial charge in [0, 0.05) is 5.75 Å². The van der Waals surface area contributed by atoms with E-state index in [-0.39, 0.29) is 0 Å². The molecule has 1 aromatic carbocycles. The van der Waals surface area contributed by atoms with Gasteiger partial charge in [0.25, 0.3) is 0 Å². The molecule has 0 heterocycles. The van der Waals surface area contributed by atoms with Crippen LogP contribution in [-0.2, 0) is 0 Å². The van der Waals surface area contributed by atoms with Crippen molar-refractivity contribution in [1.82, 2.24) is 0 Å². The van der Waals surface area contributed by atoms with Crippen molar-refractivity contribution in [3.63, 3.8) is 0 Å². The summed E-state index contributed by atoms with van der Waals surface area (Å²) in [6.07, 6.45) is 3.86. The number of thiol groups is 1. The van der Waals surface area contributed by atoms with Gasteiger partial charge in [0.15, 0.2) is 0 Å². The number of aryl methyl sites for hydroxylation is 1. The Morgan fingerprint density at radius 3 is 2.86 bits per heavy atom. The van der Waals surface area contributed by atoms with E-state index in [0.29, 0.717) is 11.6 Å². The monoisotopic (exact) mass is 228 g/mol. The minimum Gasteiger partial charge on any atom is -0.488 e. The van der Waals surface area contributed by atoms with Gasteiger partial charge in [-0.2, -0.15) is 12.6 Å². The lowest BCUT2D eigenvalue weighted by atomic mass is 10.2. The standard InChI is InChI=1S/C11H13ClOS/c1-9-4-5-11(10(12)8-9)13-6-2-3-7-14/h2-5,8,14H,6-7H2,1H3. The third-order valence-corrected chi connectivity index (χ3v) is 2.20. The zero-order valence-electron chi connectivity index (χ0n) is 8.03. The molecule has 0 atom stereocenters. The van der Waals surface area contributed by atoms with Crippen LogP contribution in [0, 0.1) is 6.92 Å². The molecule has 0 N–H and O–H groups in total. The highest BCUT2D eigenvalue weighted by molar-refractivity contribution is 7.80. The summed E-state index contributed by atoms with van der Waals surface area (Å²) in [6, 6.07) is 5.74. The van der Waals surface area contributed by atoms with Crippen molar-refractivity contribution in [2.45, 2.75) is 6.92 Å². The molecule has 0 saturated carbocycles. The largest absolute Gasteiger partial charge is 0.488 e. The van der Waals surface area contributed by atoms with Crippen LogP contribution in [0.3, 0.4) is 0 Å². The van der Waals surface area contributed by atoms with E-state index in [1.165, 1.54) is 0 Å². The van der Waals surface area contributed by atoms with Crippen LogP contribution < -0.4 is 4.74 Å². The first-order valence-electron chi connectivity index (χ1n) is 4.39. The minimum absolute atomic E-state index is 0.531. The Kier molecular flexibility index (Phi) is 4.91. The fourth-order valence-electron chi connectivity index (χ4n) is 1.00. The maximum Gasteiger partial charge on any atom is 0.138 e. The topological polar surface area (TPSA) is 9.23 Å². The van der Waals surface area contributed by atoms with Gasteiger partial charge in [-0.25, -0.2) is 0 Å². The summed E-state index contributed by atoms with van der Waals surface area (Å²) in [5.74, 6) is 1.45. The zero-order chi connectivity index (χ0) is 10.4. The summed E-state index contributed by atoms with van der Waals surface area (Å²) in [5, 5.41) is 0.657. The molecule has 1 aromatic rings. The Bertz CT molecular complexity index is 323. The van der Waals surface area contributed by atoms with E-state index >= 15 is 0 Å². The second-order valence-corrected chi connectivity index (χ2v) is 3.67. The normalized spacial score (nSPS) is 10.8. The predicted molar refractivity (Wildman–Crippen MR) is 64.7 cm³/mol. The van der Waals surface area contributed by atoms with Gasteiger partial charge in [0.1, 0.15) is 12.4 Å². The zero-order valence-corrected chi connectivity index (χ0v) is 9.68. The summed E-state index contributed by atoms with van der Waals surface area (Å²) >= 11 is 10.0. The molecule has 0 aromatic heterocycles. The molecule has 0 bridgehead atoms. The smallest absolute Gasteiger partial charge is 0.138 e. The van der Waals surface area contributed by atoms with Crippen LogP contribution in [0.4, 0.5) is 0 Å². The highest BCUT2D eigenvalue weighted by Crippen LogP contribution is 2.24. The lowest BCUT2D eigenvalue weighted by Crippen LogP contribution is -1.94. The molecule has 0 unspecified atom stereocenters. The first-order chi connectivity index (χ1) is 6.74. The van der Waals surface area contributed by atoms with Crippen LogP contribution >= 0.6 is 24.2 Å². The first kappa shape index (κ1) is 11.5. The molecule has 0 amide bonds. The van der Waals surface area contributed by atoms with E-state index < -0.39 is 0 Å². The summed E-state index contributed by atoms with van der Waals surface area (Å²) in [4.78, 5) is 0. The fourth-order valence-corrected chi connectivity index (χ4v) is 1.44. The molecule has 1 nitrogen and oxygen atoms in total. The molecule has 0 aliphatic carbocycles. The average Bonchev–Trinajstić information content (AvgIpc) is 2.15. The molecule has 1 rings (SSSR count). The van der Waals surface area contributed by atoms with Crippen molar-refractivity contribution in [2.75, 3.05) is 12.4 Å². The van der Waals surface area contributed by atoms with Crippen molar-refractivity contribution in [3.8, 4) is 5.75 Å². The summed E-state index contributed by atoms with van der Waals surface area (Å²) < 4.78 is 5.44. The molecular formula is C11H13ClOS. The highest BCUT2D eigenvalue weighted by Gasteiger charge is 1.99. The van der Waals surface area contributed by atoms with Crippen LogP contribution in [0.15, 0.2) is 30.4 Å². The van der Waals surface area contributed by atoms with Gasteiger partial charge in [-0.3, -0.25) is 0 Å². The molecule has 0 saturated heterocycles. The van der Waals surface area contributed by atoms with Gasteiger partial charge < -0.3 is 4.74 Å². The molecule has 0 spiro atoms. The summed E-state index contributed by atoms with van der Waals surface area (Å²) in [7, 11) is 0. The van der Waals surface area contributed by atoms with E-state index in [2.05, 4.69) is 12.6 Å². The Hall–Kier alpha value is -0.600. The molecule has 14 heavy (non-hydrogen) atoms. The Morgan fingerprint density at radius 1 is 1.43 bits per heavy atom. The summed E-state index contributed by atoms with van der Waals surface area (Å²) in [5.41, 5.74) is 1.13. The summed E-state index contributed by atoms with van der Waals surface area (Å²) in [6.45, 7) is 2.53. The average molecular weight is 229 g/mol. The van der Waals surface area contributed by atoms with E-state index in [4.69, 9.17) is 16.3 Å². The molecule has 0 aliphatic heterocycles. The Labute approximate surface area is 95.1 Å². The van der Waals surface area contributed by atoms with Crippen LogP contribution in [0.2, 0.25) is 5.02 Å². The van der Waals surface area contributed by atoms with Crippen LogP contribution in [-0.4, -0.2) is 12.4 Å². The van der Waals surface area contributed by atoms with Crippen molar-refractivity contribution >= 4 is 24.2 Å². The lowest BCUT2D eigenvalue weighted by Gasteiger charge is -2.05. The van der Waals surface area contributed by atoms with Crippen molar-refractivity contribution in [1.29, 1.82) is 0 Å². The molecule has 0 radical (unpaired) electrons. The minimum atomic E-state index is 0.531. The van der Waals surface area contributed by atoms with Gasteiger partial charge in [-0.1, -0.05) is 29.8 Å². The number of ether oxygens (including phenoxy) is 1. The van der Waals surface area contributed by atoms with Gasteiger partial charge in [-0.15, -0.1) is 0 Å². The maximum atomic E-state index is 5.98. The number of rotatable bonds is 4. The molecule has 0 aliphatic rings. The number of hydrogen-bond acceptors (Lipinski definition) is 2. The lowest BCUT2D eigenvalue weighted by molar-refractivity contribution is 0.363. The SMILES string of the molecule is Cc1ccc(OCC=CCS)c(Cl)c1. The van der Waals surface area contributed by atoms with Gasteiger partial charge in [-0.05, 0) is 24.6 Å². The van der Waals surface area contributed by atoms with E-state index in [9.17, 15) is 0 Å². The predicted octanol–water partition coefficient (Wildman–Crippen LogP) is 3.51. The van der Waals surface area contributed by atoms with E-state index in [1.807, 2.05) is 37.3 Å². The quantitative estimate of drug-likeness (QED) is 0.613. The van der Waals surface area contributed by atoms with E-state index in [0.717, 1.165) is 17.1 Å².